The van der Waals surface area contributed by atoms with Crippen molar-refractivity contribution >= 4 is 5.97 Å². The van der Waals surface area contributed by atoms with Gasteiger partial charge in [0, 0.05) is 0 Å². The molecule has 0 radical (unpaired) electrons. The molecule has 1 aromatic carbocycles. The number of carboxylic acid groups (broad SMARTS) is 1. The number of ether oxygens (including phenoxy) is 2. The Kier molecular flexibility index (Phi) is 3.65. The van der Waals surface area contributed by atoms with Gasteiger partial charge < -0.3 is 14.6 Å². The van der Waals surface area contributed by atoms with E-state index in [1.807, 2.05) is 19.9 Å². The number of benzene rings is 1. The first-order chi connectivity index (χ1) is 9.49. The van der Waals surface area contributed by atoms with Gasteiger partial charge in [-0.1, -0.05) is 0 Å². The minimum absolute atomic E-state index is 0.0296. The van der Waals surface area contributed by atoms with Crippen molar-refractivity contribution in [3.05, 3.63) is 29.0 Å². The number of aryl methyl sites for hydroxylation is 1. The monoisotopic (exact) mass is 276 g/mol. The maximum atomic E-state index is 10.9. The topological polar surface area (TPSA) is 84.4 Å². The molecular formula is C14H16N2O4. The molecule has 0 aliphatic rings. The van der Waals surface area contributed by atoms with E-state index in [1.54, 1.807) is 14.2 Å². The Morgan fingerprint density at radius 3 is 2.45 bits per heavy atom. The summed E-state index contributed by atoms with van der Waals surface area (Å²) in [6.45, 7) is 3.88. The third kappa shape index (κ3) is 2.20. The third-order valence-corrected chi connectivity index (χ3v) is 3.25. The SMILES string of the molecule is COc1cc(C)c(C)c(-c2cc(C(=O)O)[nH]n2)c1OC. The number of aromatic nitrogens is 2. The second-order valence-corrected chi connectivity index (χ2v) is 4.40. The first-order valence-corrected chi connectivity index (χ1v) is 6.00. The van der Waals surface area contributed by atoms with Crippen molar-refractivity contribution in [3.8, 4) is 22.8 Å². The van der Waals surface area contributed by atoms with Crippen LogP contribution >= 0.6 is 0 Å². The number of methoxy groups -OCH3 is 2. The zero-order valence-electron chi connectivity index (χ0n) is 11.8. The maximum Gasteiger partial charge on any atom is 0.353 e. The predicted molar refractivity (Wildman–Crippen MR) is 73.6 cm³/mol. The van der Waals surface area contributed by atoms with Crippen molar-refractivity contribution in [1.29, 1.82) is 0 Å². The van der Waals surface area contributed by atoms with Crippen LogP contribution in [0, 0.1) is 13.8 Å². The van der Waals surface area contributed by atoms with Gasteiger partial charge in [-0.25, -0.2) is 4.79 Å². The average molecular weight is 276 g/mol. The van der Waals surface area contributed by atoms with Crippen LogP contribution in [0.3, 0.4) is 0 Å². The molecule has 6 heteroatoms. The maximum absolute atomic E-state index is 10.9. The number of nitrogens with one attached hydrogen (secondary N) is 1. The number of rotatable bonds is 4. The molecule has 0 amide bonds. The molecule has 1 heterocycles. The Labute approximate surface area is 116 Å². The number of nitrogens with zero attached hydrogens (tertiary/aromatic N) is 1. The molecule has 1 aromatic heterocycles. The minimum Gasteiger partial charge on any atom is -0.493 e. The summed E-state index contributed by atoms with van der Waals surface area (Å²) in [5.74, 6) is 0.0736. The number of carbonyl (C=O) groups is 1. The van der Waals surface area contributed by atoms with Crippen molar-refractivity contribution in [2.24, 2.45) is 0 Å². The van der Waals surface area contributed by atoms with Crippen LogP contribution < -0.4 is 9.47 Å². The Morgan fingerprint density at radius 2 is 1.95 bits per heavy atom. The number of aromatic amines is 1. The van der Waals surface area contributed by atoms with E-state index in [0.29, 0.717) is 17.2 Å². The highest BCUT2D eigenvalue weighted by Gasteiger charge is 2.20. The molecule has 0 spiro atoms. The fraction of sp³-hybridized carbons (Fsp3) is 0.286. The van der Waals surface area contributed by atoms with Crippen LogP contribution in [0.1, 0.15) is 21.6 Å². The van der Waals surface area contributed by atoms with Crippen molar-refractivity contribution in [1.82, 2.24) is 10.2 Å². The minimum atomic E-state index is -1.06. The van der Waals surface area contributed by atoms with E-state index in [0.717, 1.165) is 16.7 Å². The first-order valence-electron chi connectivity index (χ1n) is 6.00. The van der Waals surface area contributed by atoms with Crippen LogP contribution in [0.2, 0.25) is 0 Å². The van der Waals surface area contributed by atoms with Crippen LogP contribution in [0.15, 0.2) is 12.1 Å². The number of hydrogen-bond donors (Lipinski definition) is 2. The van der Waals surface area contributed by atoms with Crippen LogP contribution in [0.25, 0.3) is 11.3 Å². The van der Waals surface area contributed by atoms with E-state index >= 15 is 0 Å². The Bertz CT molecular complexity index is 661. The average Bonchev–Trinajstić information content (AvgIpc) is 2.90. The molecule has 0 aliphatic carbocycles. The highest BCUT2D eigenvalue weighted by molar-refractivity contribution is 5.88. The van der Waals surface area contributed by atoms with Crippen molar-refractivity contribution < 1.29 is 19.4 Å². The molecule has 20 heavy (non-hydrogen) atoms. The number of aromatic carboxylic acids is 1. The standard InChI is InChI=1S/C14H16N2O4/c1-7-5-11(19-3)13(20-4)12(8(7)2)9-6-10(14(17)18)16-15-9/h5-6H,1-4H3,(H,15,16)(H,17,18). The second-order valence-electron chi connectivity index (χ2n) is 4.40. The van der Waals surface area contributed by atoms with Crippen molar-refractivity contribution in [2.75, 3.05) is 14.2 Å². The van der Waals surface area contributed by atoms with Crippen molar-refractivity contribution in [2.45, 2.75) is 13.8 Å². The summed E-state index contributed by atoms with van der Waals surface area (Å²) < 4.78 is 10.7. The molecule has 2 N–H and O–H groups in total. The van der Waals surface area contributed by atoms with Gasteiger partial charge in [-0.05, 0) is 37.1 Å². The molecule has 0 bridgehead atoms. The lowest BCUT2D eigenvalue weighted by Gasteiger charge is -2.16. The first kappa shape index (κ1) is 13.9. The molecule has 6 nitrogen and oxygen atoms in total. The Balaban J connectivity index is 2.70. The largest absolute Gasteiger partial charge is 0.493 e. The summed E-state index contributed by atoms with van der Waals surface area (Å²) in [4.78, 5) is 10.9. The van der Waals surface area contributed by atoms with Gasteiger partial charge in [0.25, 0.3) is 0 Å². The van der Waals surface area contributed by atoms with E-state index in [-0.39, 0.29) is 5.69 Å². The molecular weight excluding hydrogens is 260 g/mol. The van der Waals surface area contributed by atoms with Gasteiger partial charge >= 0.3 is 5.97 Å². The van der Waals surface area contributed by atoms with Crippen LogP contribution in [0.4, 0.5) is 0 Å². The molecule has 0 atom stereocenters. The second kappa shape index (κ2) is 5.24. The van der Waals surface area contributed by atoms with Crippen LogP contribution in [-0.4, -0.2) is 35.5 Å². The number of H-pyrrole nitrogens is 1. The molecule has 106 valence electrons. The van der Waals surface area contributed by atoms with Crippen molar-refractivity contribution in [3.63, 3.8) is 0 Å². The van der Waals surface area contributed by atoms with Gasteiger partial charge in [0.05, 0.1) is 25.5 Å². The van der Waals surface area contributed by atoms with E-state index in [4.69, 9.17) is 14.6 Å². The van der Waals surface area contributed by atoms with Gasteiger partial charge in [-0.2, -0.15) is 5.10 Å². The summed E-state index contributed by atoms with van der Waals surface area (Å²) >= 11 is 0. The number of carboxylic acids is 1. The lowest BCUT2D eigenvalue weighted by atomic mass is 9.98. The Hall–Kier alpha value is -2.50. The Morgan fingerprint density at radius 1 is 1.25 bits per heavy atom. The predicted octanol–water partition coefficient (Wildman–Crippen LogP) is 2.41. The van der Waals surface area contributed by atoms with E-state index in [1.165, 1.54) is 6.07 Å². The van der Waals surface area contributed by atoms with Gasteiger partial charge in [0.2, 0.25) is 0 Å². The van der Waals surface area contributed by atoms with E-state index < -0.39 is 5.97 Å². The molecule has 0 fully saturated rings. The molecule has 0 unspecified atom stereocenters. The quantitative estimate of drug-likeness (QED) is 0.895. The smallest absolute Gasteiger partial charge is 0.353 e. The summed E-state index contributed by atoms with van der Waals surface area (Å²) in [6, 6.07) is 3.36. The van der Waals surface area contributed by atoms with Crippen LogP contribution in [0.5, 0.6) is 11.5 Å². The van der Waals surface area contributed by atoms with E-state index in [9.17, 15) is 4.79 Å². The number of hydrogen-bond acceptors (Lipinski definition) is 4. The van der Waals surface area contributed by atoms with Gasteiger partial charge in [0.1, 0.15) is 5.69 Å². The fourth-order valence-electron chi connectivity index (χ4n) is 2.08. The summed E-state index contributed by atoms with van der Waals surface area (Å²) in [7, 11) is 3.10. The van der Waals surface area contributed by atoms with Gasteiger partial charge in [-0.15, -0.1) is 0 Å². The lowest BCUT2D eigenvalue weighted by molar-refractivity contribution is 0.0690. The lowest BCUT2D eigenvalue weighted by Crippen LogP contribution is -1.98. The highest BCUT2D eigenvalue weighted by atomic mass is 16.5. The molecule has 2 aromatic rings. The van der Waals surface area contributed by atoms with Gasteiger partial charge in [0.15, 0.2) is 11.5 Å². The molecule has 0 saturated carbocycles. The zero-order chi connectivity index (χ0) is 14.9. The van der Waals surface area contributed by atoms with Crippen LogP contribution in [-0.2, 0) is 0 Å². The van der Waals surface area contributed by atoms with Gasteiger partial charge in [-0.3, -0.25) is 5.10 Å². The summed E-state index contributed by atoms with van der Waals surface area (Å²) in [5.41, 5.74) is 3.25. The molecule has 0 saturated heterocycles. The third-order valence-electron chi connectivity index (χ3n) is 3.25. The summed E-state index contributed by atoms with van der Waals surface area (Å²) in [5, 5.41) is 15.5. The highest BCUT2D eigenvalue weighted by Crippen LogP contribution is 2.41. The molecule has 2 rings (SSSR count). The summed E-state index contributed by atoms with van der Waals surface area (Å²) in [6.07, 6.45) is 0. The fourth-order valence-corrected chi connectivity index (χ4v) is 2.08. The van der Waals surface area contributed by atoms with E-state index in [2.05, 4.69) is 10.2 Å². The molecule has 0 aliphatic heterocycles. The zero-order valence-corrected chi connectivity index (χ0v) is 11.8. The normalized spacial score (nSPS) is 10.4.